The SMILES string of the molecule is CC1C2CCC(C)(C2)CC12OCCO2. The maximum absolute atomic E-state index is 5.92. The third-order valence-electron chi connectivity index (χ3n) is 4.72. The van der Waals surface area contributed by atoms with Crippen LogP contribution in [0.1, 0.15) is 39.5 Å². The van der Waals surface area contributed by atoms with Gasteiger partial charge >= 0.3 is 0 Å². The first-order chi connectivity index (χ1) is 6.64. The van der Waals surface area contributed by atoms with Crippen LogP contribution in [0, 0.1) is 17.3 Å². The Kier molecular flexibility index (Phi) is 1.79. The summed E-state index contributed by atoms with van der Waals surface area (Å²) in [5, 5.41) is 0. The Bertz CT molecular complexity index is 245. The third-order valence-corrected chi connectivity index (χ3v) is 4.72. The van der Waals surface area contributed by atoms with Crippen molar-refractivity contribution in [2.75, 3.05) is 13.2 Å². The van der Waals surface area contributed by atoms with E-state index in [4.69, 9.17) is 9.47 Å². The molecule has 2 aliphatic carbocycles. The van der Waals surface area contributed by atoms with E-state index in [1.165, 1.54) is 19.3 Å². The molecule has 2 heteroatoms. The van der Waals surface area contributed by atoms with Crippen molar-refractivity contribution in [2.24, 2.45) is 17.3 Å². The molecule has 2 saturated carbocycles. The number of fused-ring (bicyclic) bond motifs is 2. The van der Waals surface area contributed by atoms with Crippen LogP contribution >= 0.6 is 0 Å². The van der Waals surface area contributed by atoms with E-state index in [2.05, 4.69) is 13.8 Å². The van der Waals surface area contributed by atoms with Gasteiger partial charge in [-0.25, -0.2) is 0 Å². The van der Waals surface area contributed by atoms with Crippen LogP contribution in [0.4, 0.5) is 0 Å². The Labute approximate surface area is 86.0 Å². The van der Waals surface area contributed by atoms with Gasteiger partial charge in [-0.2, -0.15) is 0 Å². The Morgan fingerprint density at radius 3 is 2.64 bits per heavy atom. The largest absolute Gasteiger partial charge is 0.347 e. The molecule has 0 radical (unpaired) electrons. The van der Waals surface area contributed by atoms with Crippen molar-refractivity contribution in [1.29, 1.82) is 0 Å². The fraction of sp³-hybridized carbons (Fsp3) is 1.00. The summed E-state index contributed by atoms with van der Waals surface area (Å²) in [6.07, 6.45) is 5.27. The summed E-state index contributed by atoms with van der Waals surface area (Å²) < 4.78 is 11.8. The fourth-order valence-electron chi connectivity index (χ4n) is 3.91. The van der Waals surface area contributed by atoms with Crippen molar-refractivity contribution in [2.45, 2.75) is 45.3 Å². The summed E-state index contributed by atoms with van der Waals surface area (Å²) in [5.41, 5.74) is 0.502. The first kappa shape index (κ1) is 9.17. The summed E-state index contributed by atoms with van der Waals surface area (Å²) in [4.78, 5) is 0. The zero-order valence-electron chi connectivity index (χ0n) is 9.21. The van der Waals surface area contributed by atoms with E-state index in [0.29, 0.717) is 11.3 Å². The molecule has 1 aliphatic heterocycles. The van der Waals surface area contributed by atoms with E-state index in [1.807, 2.05) is 0 Å². The fourth-order valence-corrected chi connectivity index (χ4v) is 3.91. The van der Waals surface area contributed by atoms with Crippen molar-refractivity contribution in [1.82, 2.24) is 0 Å². The maximum atomic E-state index is 5.92. The second-order valence-corrected chi connectivity index (χ2v) is 5.79. The lowest BCUT2D eigenvalue weighted by Gasteiger charge is -2.45. The van der Waals surface area contributed by atoms with Crippen LogP contribution in [-0.4, -0.2) is 19.0 Å². The van der Waals surface area contributed by atoms with Gasteiger partial charge in [-0.05, 0) is 30.6 Å². The molecule has 0 aromatic rings. The molecule has 0 amide bonds. The molecular weight excluding hydrogens is 176 g/mol. The minimum Gasteiger partial charge on any atom is -0.347 e. The minimum atomic E-state index is -0.200. The molecule has 14 heavy (non-hydrogen) atoms. The molecule has 1 heterocycles. The van der Waals surface area contributed by atoms with Crippen molar-refractivity contribution in [3.05, 3.63) is 0 Å². The van der Waals surface area contributed by atoms with Crippen LogP contribution < -0.4 is 0 Å². The summed E-state index contributed by atoms with van der Waals surface area (Å²) in [7, 11) is 0. The van der Waals surface area contributed by atoms with Crippen molar-refractivity contribution < 1.29 is 9.47 Å². The van der Waals surface area contributed by atoms with Gasteiger partial charge in [-0.1, -0.05) is 13.8 Å². The van der Waals surface area contributed by atoms with E-state index in [-0.39, 0.29) is 5.79 Å². The van der Waals surface area contributed by atoms with Gasteiger partial charge in [0, 0.05) is 12.3 Å². The lowest BCUT2D eigenvalue weighted by Crippen LogP contribution is -2.47. The smallest absolute Gasteiger partial charge is 0.171 e. The van der Waals surface area contributed by atoms with Gasteiger partial charge in [0.25, 0.3) is 0 Å². The number of ether oxygens (including phenoxy) is 2. The Hall–Kier alpha value is -0.0800. The lowest BCUT2D eigenvalue weighted by atomic mass is 9.69. The van der Waals surface area contributed by atoms with Gasteiger partial charge in [-0.3, -0.25) is 0 Å². The highest BCUT2D eigenvalue weighted by atomic mass is 16.7. The van der Waals surface area contributed by atoms with Crippen LogP contribution in [0.25, 0.3) is 0 Å². The van der Waals surface area contributed by atoms with E-state index in [1.54, 1.807) is 0 Å². The zero-order chi connectivity index (χ0) is 9.81. The normalized spacial score (nSPS) is 50.1. The van der Waals surface area contributed by atoms with Crippen molar-refractivity contribution in [3.8, 4) is 0 Å². The molecule has 3 unspecified atom stereocenters. The molecule has 0 N–H and O–H groups in total. The first-order valence-electron chi connectivity index (χ1n) is 5.92. The predicted octanol–water partition coefficient (Wildman–Crippen LogP) is 2.58. The molecule has 3 aliphatic rings. The third kappa shape index (κ3) is 1.10. The molecule has 1 spiro atoms. The van der Waals surface area contributed by atoms with Crippen LogP contribution in [0.2, 0.25) is 0 Å². The van der Waals surface area contributed by atoms with Crippen LogP contribution in [0.5, 0.6) is 0 Å². The highest BCUT2D eigenvalue weighted by Gasteiger charge is 2.57. The van der Waals surface area contributed by atoms with Crippen molar-refractivity contribution in [3.63, 3.8) is 0 Å². The lowest BCUT2D eigenvalue weighted by molar-refractivity contribution is -0.233. The van der Waals surface area contributed by atoms with E-state index in [0.717, 1.165) is 25.6 Å². The summed E-state index contributed by atoms with van der Waals surface area (Å²) in [6, 6.07) is 0. The summed E-state index contributed by atoms with van der Waals surface area (Å²) in [5.74, 6) is 1.24. The monoisotopic (exact) mass is 196 g/mol. The summed E-state index contributed by atoms with van der Waals surface area (Å²) in [6.45, 7) is 6.33. The molecule has 3 fully saturated rings. The van der Waals surface area contributed by atoms with Crippen LogP contribution in [-0.2, 0) is 9.47 Å². The van der Waals surface area contributed by atoms with Crippen LogP contribution in [0.3, 0.4) is 0 Å². The average Bonchev–Trinajstić information content (AvgIpc) is 2.70. The minimum absolute atomic E-state index is 0.200. The zero-order valence-corrected chi connectivity index (χ0v) is 9.21. The molecular formula is C12H20O2. The summed E-state index contributed by atoms with van der Waals surface area (Å²) >= 11 is 0. The molecule has 0 aromatic carbocycles. The van der Waals surface area contributed by atoms with Gasteiger partial charge < -0.3 is 9.47 Å². The molecule has 2 bridgehead atoms. The molecule has 3 rings (SSSR count). The van der Waals surface area contributed by atoms with E-state index in [9.17, 15) is 0 Å². The quantitative estimate of drug-likeness (QED) is 0.593. The van der Waals surface area contributed by atoms with Crippen molar-refractivity contribution >= 4 is 0 Å². The predicted molar refractivity (Wildman–Crippen MR) is 53.9 cm³/mol. The second kappa shape index (κ2) is 2.73. The van der Waals surface area contributed by atoms with Gasteiger partial charge in [0.1, 0.15) is 0 Å². The molecule has 2 nitrogen and oxygen atoms in total. The Morgan fingerprint density at radius 1 is 1.21 bits per heavy atom. The van der Waals surface area contributed by atoms with Gasteiger partial charge in [0.15, 0.2) is 5.79 Å². The molecule has 3 atom stereocenters. The first-order valence-corrected chi connectivity index (χ1v) is 5.92. The highest BCUT2D eigenvalue weighted by Crippen LogP contribution is 2.59. The highest BCUT2D eigenvalue weighted by molar-refractivity contribution is 5.02. The van der Waals surface area contributed by atoms with Gasteiger partial charge in [0.2, 0.25) is 0 Å². The molecule has 0 aromatic heterocycles. The molecule has 80 valence electrons. The Morgan fingerprint density at radius 2 is 1.93 bits per heavy atom. The van der Waals surface area contributed by atoms with Crippen LogP contribution in [0.15, 0.2) is 0 Å². The van der Waals surface area contributed by atoms with Gasteiger partial charge in [-0.15, -0.1) is 0 Å². The standard InChI is InChI=1S/C12H20O2/c1-9-10-3-4-11(2,7-10)8-12(9)13-5-6-14-12/h9-10H,3-8H2,1-2H3. The number of hydrogen-bond acceptors (Lipinski definition) is 2. The van der Waals surface area contributed by atoms with E-state index < -0.39 is 0 Å². The molecule has 1 saturated heterocycles. The number of rotatable bonds is 0. The average molecular weight is 196 g/mol. The topological polar surface area (TPSA) is 18.5 Å². The Balaban J connectivity index is 1.92. The van der Waals surface area contributed by atoms with E-state index >= 15 is 0 Å². The maximum Gasteiger partial charge on any atom is 0.171 e. The second-order valence-electron chi connectivity index (χ2n) is 5.79. The van der Waals surface area contributed by atoms with Gasteiger partial charge in [0.05, 0.1) is 13.2 Å². The number of hydrogen-bond donors (Lipinski definition) is 0.